The summed E-state index contributed by atoms with van der Waals surface area (Å²) in [5.41, 5.74) is 1.19. The quantitative estimate of drug-likeness (QED) is 0.841. The summed E-state index contributed by atoms with van der Waals surface area (Å²) in [7, 11) is 3.31. The zero-order chi connectivity index (χ0) is 13.7. The van der Waals surface area contributed by atoms with Gasteiger partial charge in [-0.15, -0.1) is 11.6 Å². The van der Waals surface area contributed by atoms with E-state index in [-0.39, 0.29) is 5.38 Å². The molecule has 2 atom stereocenters. The van der Waals surface area contributed by atoms with Gasteiger partial charge in [0.2, 0.25) is 0 Å². The van der Waals surface area contributed by atoms with E-state index in [2.05, 4.69) is 11.4 Å². The first kappa shape index (κ1) is 14.5. The van der Waals surface area contributed by atoms with Crippen molar-refractivity contribution in [3.63, 3.8) is 0 Å². The first-order chi connectivity index (χ1) is 9.24. The van der Waals surface area contributed by atoms with Crippen molar-refractivity contribution in [2.45, 2.75) is 43.6 Å². The molecule has 1 aromatic carbocycles. The van der Waals surface area contributed by atoms with Gasteiger partial charge < -0.3 is 14.8 Å². The van der Waals surface area contributed by atoms with Gasteiger partial charge >= 0.3 is 0 Å². The molecule has 0 aromatic heterocycles. The van der Waals surface area contributed by atoms with Gasteiger partial charge in [-0.25, -0.2) is 0 Å². The lowest BCUT2D eigenvalue weighted by molar-refractivity contribution is 0.353. The molecular formula is C15H22ClNO2. The number of benzene rings is 1. The fourth-order valence-electron chi connectivity index (χ4n) is 2.56. The van der Waals surface area contributed by atoms with Crippen molar-refractivity contribution in [3.05, 3.63) is 23.8 Å². The number of hydrogen-bond donors (Lipinski definition) is 1. The summed E-state index contributed by atoms with van der Waals surface area (Å²) in [6.07, 6.45) is 4.81. The lowest BCUT2D eigenvalue weighted by Gasteiger charge is -2.28. The van der Waals surface area contributed by atoms with Crippen LogP contribution in [-0.2, 0) is 6.54 Å². The Kier molecular flexibility index (Phi) is 5.34. The molecule has 0 saturated heterocycles. The van der Waals surface area contributed by atoms with Crippen molar-refractivity contribution in [1.29, 1.82) is 0 Å². The highest BCUT2D eigenvalue weighted by molar-refractivity contribution is 6.21. The molecule has 2 rings (SSSR count). The molecule has 4 heteroatoms. The third-order valence-electron chi connectivity index (χ3n) is 3.70. The molecule has 1 fully saturated rings. The van der Waals surface area contributed by atoms with Gasteiger partial charge in [-0.2, -0.15) is 0 Å². The van der Waals surface area contributed by atoms with Crippen LogP contribution in [0.4, 0.5) is 0 Å². The number of alkyl halides is 1. The third kappa shape index (κ3) is 3.77. The highest BCUT2D eigenvalue weighted by atomic mass is 35.5. The van der Waals surface area contributed by atoms with Crippen LogP contribution in [-0.4, -0.2) is 25.6 Å². The predicted octanol–water partition coefficient (Wildman–Crippen LogP) is 3.34. The number of nitrogens with one attached hydrogen (secondary N) is 1. The maximum atomic E-state index is 6.35. The standard InChI is InChI=1S/C15H22ClNO2/c1-18-14-8-7-11(9-15(14)19-2)10-17-13-6-4-3-5-12(13)16/h7-9,12-13,17H,3-6,10H2,1-2H3. The molecule has 1 aromatic rings. The van der Waals surface area contributed by atoms with Crippen molar-refractivity contribution < 1.29 is 9.47 Å². The third-order valence-corrected chi connectivity index (χ3v) is 4.22. The largest absolute Gasteiger partial charge is 0.493 e. The van der Waals surface area contributed by atoms with Crippen LogP contribution in [0.2, 0.25) is 0 Å². The average molecular weight is 284 g/mol. The van der Waals surface area contributed by atoms with Gasteiger partial charge in [-0.05, 0) is 30.5 Å². The van der Waals surface area contributed by atoms with Crippen LogP contribution in [0.1, 0.15) is 31.2 Å². The van der Waals surface area contributed by atoms with Gasteiger partial charge in [0, 0.05) is 18.0 Å². The number of hydrogen-bond acceptors (Lipinski definition) is 3. The minimum Gasteiger partial charge on any atom is -0.493 e. The van der Waals surface area contributed by atoms with E-state index < -0.39 is 0 Å². The summed E-state index contributed by atoms with van der Waals surface area (Å²) in [5.74, 6) is 1.53. The Bertz CT molecular complexity index is 411. The van der Waals surface area contributed by atoms with E-state index in [4.69, 9.17) is 21.1 Å². The highest BCUT2D eigenvalue weighted by Crippen LogP contribution is 2.28. The molecule has 1 N–H and O–H groups in total. The number of halogens is 1. The first-order valence-corrected chi connectivity index (χ1v) is 7.26. The second-order valence-electron chi connectivity index (χ2n) is 4.98. The van der Waals surface area contributed by atoms with Crippen LogP contribution < -0.4 is 14.8 Å². The van der Waals surface area contributed by atoms with E-state index in [1.807, 2.05) is 12.1 Å². The maximum absolute atomic E-state index is 6.35. The van der Waals surface area contributed by atoms with E-state index in [9.17, 15) is 0 Å². The minimum absolute atomic E-state index is 0.258. The monoisotopic (exact) mass is 283 g/mol. The molecule has 106 valence electrons. The molecule has 1 aliphatic carbocycles. The molecular weight excluding hydrogens is 262 g/mol. The minimum atomic E-state index is 0.258. The number of methoxy groups -OCH3 is 2. The summed E-state index contributed by atoms with van der Waals surface area (Å²) >= 11 is 6.35. The van der Waals surface area contributed by atoms with Gasteiger partial charge in [-0.3, -0.25) is 0 Å². The van der Waals surface area contributed by atoms with Crippen molar-refractivity contribution in [2.75, 3.05) is 14.2 Å². The van der Waals surface area contributed by atoms with Gasteiger partial charge in [0.05, 0.1) is 14.2 Å². The number of ether oxygens (including phenoxy) is 2. The molecule has 0 radical (unpaired) electrons. The van der Waals surface area contributed by atoms with Crippen molar-refractivity contribution in [2.24, 2.45) is 0 Å². The van der Waals surface area contributed by atoms with E-state index in [1.165, 1.54) is 24.8 Å². The second kappa shape index (κ2) is 7.01. The van der Waals surface area contributed by atoms with Gasteiger partial charge in [0.25, 0.3) is 0 Å². The molecule has 0 bridgehead atoms. The van der Waals surface area contributed by atoms with Crippen molar-refractivity contribution >= 4 is 11.6 Å². The van der Waals surface area contributed by atoms with E-state index in [1.54, 1.807) is 14.2 Å². The Balaban J connectivity index is 1.95. The normalized spacial score (nSPS) is 23.1. The Hall–Kier alpha value is -0.930. The van der Waals surface area contributed by atoms with Gasteiger partial charge in [0.15, 0.2) is 11.5 Å². The van der Waals surface area contributed by atoms with E-state index in [0.717, 1.165) is 24.5 Å². The Labute approximate surface area is 120 Å². The van der Waals surface area contributed by atoms with Crippen LogP contribution in [0.3, 0.4) is 0 Å². The molecule has 0 heterocycles. The molecule has 0 amide bonds. The Morgan fingerprint density at radius 2 is 1.89 bits per heavy atom. The maximum Gasteiger partial charge on any atom is 0.161 e. The SMILES string of the molecule is COc1ccc(CNC2CCCCC2Cl)cc1OC. The molecule has 0 spiro atoms. The summed E-state index contributed by atoms with van der Waals surface area (Å²) < 4.78 is 10.5. The molecule has 3 nitrogen and oxygen atoms in total. The molecule has 19 heavy (non-hydrogen) atoms. The Morgan fingerprint density at radius 1 is 1.16 bits per heavy atom. The van der Waals surface area contributed by atoms with Crippen LogP contribution in [0.25, 0.3) is 0 Å². The van der Waals surface area contributed by atoms with Gasteiger partial charge in [-0.1, -0.05) is 18.9 Å². The lowest BCUT2D eigenvalue weighted by Crippen LogP contribution is -2.38. The highest BCUT2D eigenvalue weighted by Gasteiger charge is 2.22. The van der Waals surface area contributed by atoms with E-state index >= 15 is 0 Å². The topological polar surface area (TPSA) is 30.5 Å². The zero-order valence-corrected chi connectivity index (χ0v) is 12.4. The van der Waals surface area contributed by atoms with Crippen molar-refractivity contribution in [3.8, 4) is 11.5 Å². The second-order valence-corrected chi connectivity index (χ2v) is 5.54. The molecule has 0 aliphatic heterocycles. The Morgan fingerprint density at radius 3 is 2.58 bits per heavy atom. The fraction of sp³-hybridized carbons (Fsp3) is 0.600. The average Bonchev–Trinajstić information content (AvgIpc) is 2.46. The smallest absolute Gasteiger partial charge is 0.161 e. The van der Waals surface area contributed by atoms with E-state index in [0.29, 0.717) is 6.04 Å². The molecule has 2 unspecified atom stereocenters. The summed E-state index contributed by atoms with van der Waals surface area (Å²) in [5, 5.41) is 3.81. The van der Waals surface area contributed by atoms with Crippen LogP contribution in [0.15, 0.2) is 18.2 Å². The summed E-state index contributed by atoms with van der Waals surface area (Å²) in [6.45, 7) is 0.814. The molecule has 1 saturated carbocycles. The van der Waals surface area contributed by atoms with Crippen LogP contribution >= 0.6 is 11.6 Å². The molecule has 1 aliphatic rings. The lowest BCUT2D eigenvalue weighted by atomic mass is 9.95. The predicted molar refractivity (Wildman–Crippen MR) is 78.3 cm³/mol. The van der Waals surface area contributed by atoms with Crippen LogP contribution in [0.5, 0.6) is 11.5 Å². The summed E-state index contributed by atoms with van der Waals surface area (Å²) in [6, 6.07) is 6.43. The van der Waals surface area contributed by atoms with Crippen LogP contribution in [0, 0.1) is 0 Å². The zero-order valence-electron chi connectivity index (χ0n) is 11.6. The number of rotatable bonds is 5. The first-order valence-electron chi connectivity index (χ1n) is 6.83. The van der Waals surface area contributed by atoms with Crippen molar-refractivity contribution in [1.82, 2.24) is 5.32 Å². The van der Waals surface area contributed by atoms with Gasteiger partial charge in [0.1, 0.15) is 0 Å². The summed E-state index contributed by atoms with van der Waals surface area (Å²) in [4.78, 5) is 0. The fourth-order valence-corrected chi connectivity index (χ4v) is 2.92.